The lowest BCUT2D eigenvalue weighted by molar-refractivity contribution is -0.384. The number of nitro groups is 1. The summed E-state index contributed by atoms with van der Waals surface area (Å²) in [6, 6.07) is 4.36. The Morgan fingerprint density at radius 1 is 1.14 bits per heavy atom. The normalized spacial score (nSPS) is 20.9. The Kier molecular flexibility index (Phi) is 4.05. The number of nitrogens with zero attached hydrogens (tertiary/aromatic N) is 3. The molecule has 5 nitrogen and oxygen atoms in total. The summed E-state index contributed by atoms with van der Waals surface area (Å²) in [6.45, 7) is 3.25. The van der Waals surface area contributed by atoms with E-state index < -0.39 is 10.7 Å². The fourth-order valence-electron chi connectivity index (χ4n) is 3.50. The topological polar surface area (TPSA) is 49.6 Å². The highest BCUT2D eigenvalue weighted by Gasteiger charge is 2.28. The molecule has 114 valence electrons. The molecule has 0 unspecified atom stereocenters. The molecule has 2 fully saturated rings. The van der Waals surface area contributed by atoms with Crippen molar-refractivity contribution in [3.63, 3.8) is 0 Å². The van der Waals surface area contributed by atoms with E-state index in [4.69, 9.17) is 0 Å². The van der Waals surface area contributed by atoms with Gasteiger partial charge in [-0.1, -0.05) is 12.8 Å². The minimum Gasteiger partial charge on any atom is -0.363 e. The Labute approximate surface area is 123 Å². The van der Waals surface area contributed by atoms with Gasteiger partial charge in [-0.2, -0.15) is 0 Å². The molecule has 3 rings (SSSR count). The van der Waals surface area contributed by atoms with E-state index in [0.29, 0.717) is 11.7 Å². The van der Waals surface area contributed by atoms with Crippen molar-refractivity contribution >= 4 is 11.4 Å². The smallest absolute Gasteiger partial charge is 0.292 e. The van der Waals surface area contributed by atoms with Gasteiger partial charge in [0.25, 0.3) is 5.69 Å². The summed E-state index contributed by atoms with van der Waals surface area (Å²) in [7, 11) is 0. The molecule has 1 saturated heterocycles. The van der Waals surface area contributed by atoms with Gasteiger partial charge in [-0.3, -0.25) is 15.0 Å². The molecule has 0 spiro atoms. The van der Waals surface area contributed by atoms with Gasteiger partial charge >= 0.3 is 0 Å². The zero-order valence-electron chi connectivity index (χ0n) is 12.0. The van der Waals surface area contributed by atoms with Crippen LogP contribution >= 0.6 is 0 Å². The molecule has 0 radical (unpaired) electrons. The van der Waals surface area contributed by atoms with Gasteiger partial charge in [0.1, 0.15) is 11.5 Å². The van der Waals surface area contributed by atoms with Crippen molar-refractivity contribution in [3.05, 3.63) is 34.1 Å². The summed E-state index contributed by atoms with van der Waals surface area (Å²) < 4.78 is 13.4. The first-order chi connectivity index (χ1) is 10.1. The summed E-state index contributed by atoms with van der Waals surface area (Å²) in [5.41, 5.74) is 0.400. The van der Waals surface area contributed by atoms with Crippen molar-refractivity contribution in [2.24, 2.45) is 0 Å². The maximum Gasteiger partial charge on any atom is 0.292 e. The Balaban J connectivity index is 1.71. The lowest BCUT2D eigenvalue weighted by atomic mass is 10.1. The van der Waals surface area contributed by atoms with Crippen LogP contribution in [0.3, 0.4) is 0 Å². The van der Waals surface area contributed by atoms with E-state index >= 15 is 0 Å². The van der Waals surface area contributed by atoms with Gasteiger partial charge in [-0.05, 0) is 18.9 Å². The number of rotatable bonds is 3. The maximum absolute atomic E-state index is 13.4. The van der Waals surface area contributed by atoms with Crippen LogP contribution in [0.4, 0.5) is 15.8 Å². The monoisotopic (exact) mass is 293 g/mol. The van der Waals surface area contributed by atoms with Crippen molar-refractivity contribution in [1.82, 2.24) is 4.90 Å². The number of benzene rings is 1. The van der Waals surface area contributed by atoms with E-state index in [1.807, 2.05) is 4.90 Å². The molecule has 21 heavy (non-hydrogen) atoms. The zero-order valence-corrected chi connectivity index (χ0v) is 12.0. The van der Waals surface area contributed by atoms with Gasteiger partial charge in [0.15, 0.2) is 0 Å². The molecule has 6 heteroatoms. The van der Waals surface area contributed by atoms with Crippen molar-refractivity contribution in [1.29, 1.82) is 0 Å². The van der Waals surface area contributed by atoms with E-state index in [1.165, 1.54) is 37.8 Å². The van der Waals surface area contributed by atoms with Crippen LogP contribution in [0, 0.1) is 15.9 Å². The van der Waals surface area contributed by atoms with Crippen LogP contribution < -0.4 is 4.90 Å². The van der Waals surface area contributed by atoms with Crippen LogP contribution in [0.15, 0.2) is 18.2 Å². The molecule has 0 atom stereocenters. The van der Waals surface area contributed by atoms with E-state index in [0.717, 1.165) is 32.2 Å². The third-order valence-electron chi connectivity index (χ3n) is 4.63. The second-order valence-electron chi connectivity index (χ2n) is 5.85. The van der Waals surface area contributed by atoms with Crippen molar-refractivity contribution in [2.75, 3.05) is 31.1 Å². The average Bonchev–Trinajstić information content (AvgIpc) is 3.01. The average molecular weight is 293 g/mol. The zero-order chi connectivity index (χ0) is 14.8. The third kappa shape index (κ3) is 3.00. The summed E-state index contributed by atoms with van der Waals surface area (Å²) in [4.78, 5) is 15.1. The van der Waals surface area contributed by atoms with E-state index in [-0.39, 0.29) is 5.69 Å². The Morgan fingerprint density at radius 2 is 1.81 bits per heavy atom. The van der Waals surface area contributed by atoms with E-state index in [1.54, 1.807) is 0 Å². The van der Waals surface area contributed by atoms with Gasteiger partial charge in [0.2, 0.25) is 0 Å². The molecule has 0 aromatic heterocycles. The van der Waals surface area contributed by atoms with E-state index in [2.05, 4.69) is 4.90 Å². The minimum absolute atomic E-state index is 0.00860. The second-order valence-corrected chi connectivity index (χ2v) is 5.85. The molecule has 1 aliphatic heterocycles. The SMILES string of the molecule is O=[N+]([O-])c1ccc(F)cc1N1CCN(C2CCCC2)CC1. The van der Waals surface area contributed by atoms with Crippen LogP contribution in [0.2, 0.25) is 0 Å². The van der Waals surface area contributed by atoms with Crippen molar-refractivity contribution in [3.8, 4) is 0 Å². The first-order valence-electron chi connectivity index (χ1n) is 7.58. The van der Waals surface area contributed by atoms with Crippen LogP contribution in [0.25, 0.3) is 0 Å². The van der Waals surface area contributed by atoms with E-state index in [9.17, 15) is 14.5 Å². The summed E-state index contributed by atoms with van der Waals surface area (Å²) in [5, 5.41) is 11.1. The Hall–Kier alpha value is -1.69. The second kappa shape index (κ2) is 5.97. The molecule has 1 aromatic carbocycles. The minimum atomic E-state index is -0.432. The van der Waals surface area contributed by atoms with Gasteiger partial charge < -0.3 is 4.90 Å². The van der Waals surface area contributed by atoms with Crippen LogP contribution in [-0.4, -0.2) is 42.0 Å². The molecule has 0 amide bonds. The van der Waals surface area contributed by atoms with Gasteiger partial charge in [-0.15, -0.1) is 0 Å². The lowest BCUT2D eigenvalue weighted by Crippen LogP contribution is -2.49. The largest absolute Gasteiger partial charge is 0.363 e. The molecule has 1 saturated carbocycles. The first kappa shape index (κ1) is 14.3. The number of hydrogen-bond donors (Lipinski definition) is 0. The molecule has 2 aliphatic rings. The fraction of sp³-hybridized carbons (Fsp3) is 0.600. The van der Waals surface area contributed by atoms with Gasteiger partial charge in [0.05, 0.1) is 4.92 Å². The predicted molar refractivity (Wildman–Crippen MR) is 79.1 cm³/mol. The quantitative estimate of drug-likeness (QED) is 0.635. The standard InChI is InChI=1S/C15H20FN3O2/c16-12-5-6-14(19(20)21)15(11-12)18-9-7-17(8-10-18)13-3-1-2-4-13/h5-6,11,13H,1-4,7-10H2. The number of halogens is 1. The number of nitro benzene ring substituents is 1. The molecule has 1 heterocycles. The van der Waals surface area contributed by atoms with Gasteiger partial charge in [-0.25, -0.2) is 4.39 Å². The Morgan fingerprint density at radius 3 is 2.43 bits per heavy atom. The molecule has 0 bridgehead atoms. The Bertz CT molecular complexity index is 524. The molecular formula is C15H20FN3O2. The maximum atomic E-state index is 13.4. The molecule has 1 aliphatic carbocycles. The highest BCUT2D eigenvalue weighted by molar-refractivity contribution is 5.63. The fourth-order valence-corrected chi connectivity index (χ4v) is 3.50. The van der Waals surface area contributed by atoms with Crippen LogP contribution in [0.1, 0.15) is 25.7 Å². The van der Waals surface area contributed by atoms with Crippen LogP contribution in [0.5, 0.6) is 0 Å². The van der Waals surface area contributed by atoms with Crippen LogP contribution in [-0.2, 0) is 0 Å². The predicted octanol–water partition coefficient (Wildman–Crippen LogP) is 2.80. The number of hydrogen-bond acceptors (Lipinski definition) is 4. The highest BCUT2D eigenvalue weighted by atomic mass is 19.1. The summed E-state index contributed by atoms with van der Waals surface area (Å²) in [5.74, 6) is -0.422. The number of anilines is 1. The van der Waals surface area contributed by atoms with Crippen molar-refractivity contribution < 1.29 is 9.31 Å². The summed E-state index contributed by atoms with van der Waals surface area (Å²) in [6.07, 6.45) is 5.14. The molecular weight excluding hydrogens is 273 g/mol. The van der Waals surface area contributed by atoms with Crippen molar-refractivity contribution in [2.45, 2.75) is 31.7 Å². The van der Waals surface area contributed by atoms with Gasteiger partial charge in [0, 0.05) is 44.4 Å². The highest BCUT2D eigenvalue weighted by Crippen LogP contribution is 2.31. The lowest BCUT2D eigenvalue weighted by Gasteiger charge is -2.38. The molecule has 0 N–H and O–H groups in total. The summed E-state index contributed by atoms with van der Waals surface area (Å²) >= 11 is 0. The molecule has 1 aromatic rings. The first-order valence-corrected chi connectivity index (χ1v) is 7.58. The number of piperazine rings is 1. The third-order valence-corrected chi connectivity index (χ3v) is 4.63.